The quantitative estimate of drug-likeness (QED) is 0.449. The van der Waals surface area contributed by atoms with Crippen molar-refractivity contribution in [3.8, 4) is 11.3 Å². The summed E-state index contributed by atoms with van der Waals surface area (Å²) in [6, 6.07) is 5.90. The summed E-state index contributed by atoms with van der Waals surface area (Å²) in [5.74, 6) is 0.389. The van der Waals surface area contributed by atoms with Crippen molar-refractivity contribution in [3.05, 3.63) is 54.5 Å². The first-order valence-electron chi connectivity index (χ1n) is 10.5. The van der Waals surface area contributed by atoms with Gasteiger partial charge >= 0.3 is 0 Å². The maximum atomic E-state index is 9.48. The highest BCUT2D eigenvalue weighted by molar-refractivity contribution is 5.94. The zero-order valence-corrected chi connectivity index (χ0v) is 17.3. The van der Waals surface area contributed by atoms with Crippen LogP contribution in [0.1, 0.15) is 25.5 Å². The molecule has 10 heteroatoms. The molecule has 1 unspecified atom stereocenters. The highest BCUT2D eigenvalue weighted by Crippen LogP contribution is 2.35. The molecule has 1 aliphatic heterocycles. The fourth-order valence-electron chi connectivity index (χ4n) is 3.96. The van der Waals surface area contributed by atoms with Gasteiger partial charge in [0.25, 0.3) is 0 Å². The van der Waals surface area contributed by atoms with Crippen LogP contribution in [0.2, 0.25) is 0 Å². The van der Waals surface area contributed by atoms with Gasteiger partial charge in [-0.1, -0.05) is 0 Å². The SMILES string of the molecule is [C-]#[N+]c1cnc(Nc2cc(-c3ccnn3C3CCCCO3)c3ncn(CCO)c3c2)nc1. The average molecular weight is 430 g/mol. The van der Waals surface area contributed by atoms with E-state index in [-0.39, 0.29) is 12.8 Å². The summed E-state index contributed by atoms with van der Waals surface area (Å²) in [6.45, 7) is 8.22. The van der Waals surface area contributed by atoms with Crippen LogP contribution in [-0.2, 0) is 11.3 Å². The minimum absolute atomic E-state index is 0.00743. The van der Waals surface area contributed by atoms with Crippen LogP contribution in [0.4, 0.5) is 17.3 Å². The zero-order chi connectivity index (χ0) is 21.9. The monoisotopic (exact) mass is 430 g/mol. The number of nitrogens with zero attached hydrogens (tertiary/aromatic N) is 7. The molecule has 10 nitrogen and oxygen atoms in total. The van der Waals surface area contributed by atoms with Gasteiger partial charge < -0.3 is 19.7 Å². The standard InChI is InChI=1S/C22H22N8O2/c1-23-16-12-24-22(25-13-16)28-15-10-17(21-19(11-15)29(7-8-31)14-26-21)18-5-6-27-30(18)20-4-2-3-9-32-20/h5-6,10-14,20,31H,2-4,7-9H2,(H,24,25,28). The zero-order valence-electron chi connectivity index (χ0n) is 17.3. The molecular formula is C22H22N8O2. The van der Waals surface area contributed by atoms with Crippen LogP contribution in [0.25, 0.3) is 27.1 Å². The van der Waals surface area contributed by atoms with Crippen LogP contribution in [-0.4, -0.2) is 47.6 Å². The highest BCUT2D eigenvalue weighted by Gasteiger charge is 2.22. The van der Waals surface area contributed by atoms with Crippen molar-refractivity contribution in [2.75, 3.05) is 18.5 Å². The molecule has 1 aliphatic rings. The van der Waals surface area contributed by atoms with E-state index in [1.165, 1.54) is 12.4 Å². The van der Waals surface area contributed by atoms with Crippen molar-refractivity contribution in [3.63, 3.8) is 0 Å². The number of hydrogen-bond donors (Lipinski definition) is 2. The first kappa shape index (κ1) is 20.1. The fourth-order valence-corrected chi connectivity index (χ4v) is 3.96. The molecule has 4 heterocycles. The maximum Gasteiger partial charge on any atom is 0.224 e. The number of nitrogens with one attached hydrogen (secondary N) is 1. The summed E-state index contributed by atoms with van der Waals surface area (Å²) < 4.78 is 9.80. The number of ether oxygens (including phenoxy) is 1. The first-order chi connectivity index (χ1) is 15.8. The second-order valence-corrected chi connectivity index (χ2v) is 7.54. The summed E-state index contributed by atoms with van der Waals surface area (Å²) in [7, 11) is 0. The molecular weight excluding hydrogens is 408 g/mol. The van der Waals surface area contributed by atoms with Gasteiger partial charge in [-0.15, -0.1) is 0 Å². The molecule has 0 aliphatic carbocycles. The predicted molar refractivity (Wildman–Crippen MR) is 118 cm³/mol. The van der Waals surface area contributed by atoms with E-state index in [2.05, 4.69) is 30.2 Å². The minimum Gasteiger partial charge on any atom is -0.395 e. The van der Waals surface area contributed by atoms with E-state index in [0.29, 0.717) is 18.2 Å². The van der Waals surface area contributed by atoms with Crippen LogP contribution in [0, 0.1) is 6.57 Å². The van der Waals surface area contributed by atoms with E-state index in [1.54, 1.807) is 12.5 Å². The summed E-state index contributed by atoms with van der Waals surface area (Å²) in [5.41, 5.74) is 4.62. The lowest BCUT2D eigenvalue weighted by molar-refractivity contribution is -0.0383. The van der Waals surface area contributed by atoms with Crippen LogP contribution in [0.5, 0.6) is 0 Å². The lowest BCUT2D eigenvalue weighted by Crippen LogP contribution is -2.19. The molecule has 1 atom stereocenters. The number of aromatic nitrogens is 6. The third kappa shape index (κ3) is 3.79. The average Bonchev–Trinajstić information content (AvgIpc) is 3.48. The molecule has 1 aromatic carbocycles. The Morgan fingerprint density at radius 2 is 2.09 bits per heavy atom. The second-order valence-electron chi connectivity index (χ2n) is 7.54. The molecule has 1 saturated heterocycles. The Labute approximate surface area is 184 Å². The van der Waals surface area contributed by atoms with Crippen molar-refractivity contribution < 1.29 is 9.84 Å². The number of anilines is 2. The largest absolute Gasteiger partial charge is 0.395 e. The molecule has 162 valence electrons. The summed E-state index contributed by atoms with van der Waals surface area (Å²) in [5, 5.41) is 17.2. The number of aliphatic hydroxyl groups is 1. The summed E-state index contributed by atoms with van der Waals surface area (Å²) >= 11 is 0. The Hall–Kier alpha value is -3.81. The number of aliphatic hydroxyl groups excluding tert-OH is 1. The van der Waals surface area contributed by atoms with Gasteiger partial charge in [0.2, 0.25) is 11.6 Å². The second kappa shape index (κ2) is 8.74. The summed E-state index contributed by atoms with van der Waals surface area (Å²) in [6.07, 6.45) is 9.43. The molecule has 0 spiro atoms. The van der Waals surface area contributed by atoms with E-state index in [9.17, 15) is 5.11 Å². The van der Waals surface area contributed by atoms with Gasteiger partial charge in [0, 0.05) is 43.0 Å². The van der Waals surface area contributed by atoms with Gasteiger partial charge in [-0.05, 0) is 37.5 Å². The normalized spacial score (nSPS) is 16.2. The van der Waals surface area contributed by atoms with Gasteiger partial charge in [0.1, 0.15) is 0 Å². The molecule has 0 radical (unpaired) electrons. The molecule has 0 bridgehead atoms. The number of hydrogen-bond acceptors (Lipinski definition) is 7. The predicted octanol–water partition coefficient (Wildman–Crippen LogP) is 3.68. The first-order valence-corrected chi connectivity index (χ1v) is 10.5. The van der Waals surface area contributed by atoms with E-state index < -0.39 is 0 Å². The number of rotatable bonds is 6. The molecule has 0 amide bonds. The smallest absolute Gasteiger partial charge is 0.224 e. The van der Waals surface area contributed by atoms with Crippen molar-refractivity contribution in [2.24, 2.45) is 0 Å². The van der Waals surface area contributed by atoms with Crippen LogP contribution in [0.15, 0.2) is 43.1 Å². The Balaban J connectivity index is 1.60. The van der Waals surface area contributed by atoms with Crippen LogP contribution >= 0.6 is 0 Å². The fraction of sp³-hybridized carbons (Fsp3) is 0.318. The Kier molecular flexibility index (Phi) is 5.49. The molecule has 1 fully saturated rings. The van der Waals surface area contributed by atoms with E-state index >= 15 is 0 Å². The minimum atomic E-state index is -0.107. The van der Waals surface area contributed by atoms with Crippen LogP contribution in [0.3, 0.4) is 0 Å². The van der Waals surface area contributed by atoms with Gasteiger partial charge in [0.15, 0.2) is 6.23 Å². The number of fused-ring (bicyclic) bond motifs is 1. The molecule has 3 aromatic heterocycles. The third-order valence-corrected chi connectivity index (χ3v) is 5.46. The maximum absolute atomic E-state index is 9.48. The number of benzene rings is 1. The Morgan fingerprint density at radius 3 is 2.84 bits per heavy atom. The van der Waals surface area contributed by atoms with Crippen molar-refractivity contribution in [1.82, 2.24) is 29.3 Å². The Bertz CT molecular complexity index is 1270. The number of imidazole rings is 1. The molecule has 2 N–H and O–H groups in total. The van der Waals surface area contributed by atoms with Crippen LogP contribution < -0.4 is 5.32 Å². The summed E-state index contributed by atoms with van der Waals surface area (Å²) in [4.78, 5) is 16.4. The van der Waals surface area contributed by atoms with E-state index in [1.807, 2.05) is 27.4 Å². The van der Waals surface area contributed by atoms with Gasteiger partial charge in [-0.2, -0.15) is 5.10 Å². The lowest BCUT2D eigenvalue weighted by Gasteiger charge is -2.24. The topological polar surface area (TPSA) is 107 Å². The molecule has 4 aromatic rings. The van der Waals surface area contributed by atoms with Crippen molar-refractivity contribution in [2.45, 2.75) is 32.0 Å². The van der Waals surface area contributed by atoms with Crippen molar-refractivity contribution >= 4 is 28.4 Å². The van der Waals surface area contributed by atoms with E-state index in [0.717, 1.165) is 53.8 Å². The van der Waals surface area contributed by atoms with Gasteiger partial charge in [0.05, 0.1) is 36.2 Å². The van der Waals surface area contributed by atoms with Gasteiger partial charge in [-0.25, -0.2) is 24.5 Å². The molecule has 32 heavy (non-hydrogen) atoms. The molecule has 5 rings (SSSR count). The van der Waals surface area contributed by atoms with Gasteiger partial charge in [-0.3, -0.25) is 0 Å². The molecule has 0 saturated carbocycles. The lowest BCUT2D eigenvalue weighted by atomic mass is 10.1. The highest BCUT2D eigenvalue weighted by atomic mass is 16.5. The Morgan fingerprint density at radius 1 is 1.22 bits per heavy atom. The van der Waals surface area contributed by atoms with Crippen molar-refractivity contribution in [1.29, 1.82) is 0 Å². The van der Waals surface area contributed by atoms with E-state index in [4.69, 9.17) is 11.3 Å². The third-order valence-electron chi connectivity index (χ3n) is 5.46.